The maximum Gasteiger partial charge on any atom is 0.220 e. The van der Waals surface area contributed by atoms with Crippen LogP contribution in [0.15, 0.2) is 22.7 Å². The summed E-state index contributed by atoms with van der Waals surface area (Å²) in [4.78, 5) is 12.7. The number of nitrogens with zero attached hydrogens (tertiary/aromatic N) is 3. The van der Waals surface area contributed by atoms with E-state index < -0.39 is 9.73 Å². The first kappa shape index (κ1) is 18.2. The van der Waals surface area contributed by atoms with Crippen LogP contribution < -0.4 is 0 Å². The molecule has 24 heavy (non-hydrogen) atoms. The summed E-state index contributed by atoms with van der Waals surface area (Å²) in [7, 11) is -0.764. The molecule has 0 bridgehead atoms. The Kier molecular flexibility index (Phi) is 5.13. The standard InChI is InChI=1S/C17H23N3O3S/c1-6-24(23,7-2)19-15-11(3)8-9-13(12(15)4)16(21)14-10-18-20(5)17(14)22/h8-10,22H,6-7H2,1-5H3. The van der Waals surface area contributed by atoms with E-state index in [1.54, 1.807) is 26.1 Å². The summed E-state index contributed by atoms with van der Waals surface area (Å²) < 4.78 is 18.4. The number of hydrogen-bond acceptors (Lipinski definition) is 5. The Hall–Kier alpha value is -2.15. The molecule has 0 saturated carbocycles. The Morgan fingerprint density at radius 1 is 1.25 bits per heavy atom. The lowest BCUT2D eigenvalue weighted by Gasteiger charge is -2.12. The molecule has 0 radical (unpaired) electrons. The second-order valence-corrected chi connectivity index (χ2v) is 8.56. The monoisotopic (exact) mass is 349 g/mol. The molecule has 1 N–H and O–H groups in total. The predicted molar refractivity (Wildman–Crippen MR) is 95.5 cm³/mol. The average molecular weight is 349 g/mol. The molecule has 0 atom stereocenters. The zero-order chi connectivity index (χ0) is 18.1. The first-order valence-corrected chi connectivity index (χ1v) is 9.67. The minimum atomic E-state index is -2.33. The van der Waals surface area contributed by atoms with Gasteiger partial charge < -0.3 is 5.11 Å². The predicted octanol–water partition coefficient (Wildman–Crippen LogP) is 3.11. The second kappa shape index (κ2) is 6.76. The fraction of sp³-hybridized carbons (Fsp3) is 0.412. The highest BCUT2D eigenvalue weighted by Gasteiger charge is 2.21. The van der Waals surface area contributed by atoms with E-state index in [1.165, 1.54) is 10.9 Å². The van der Waals surface area contributed by atoms with E-state index in [2.05, 4.69) is 9.46 Å². The van der Waals surface area contributed by atoms with E-state index >= 15 is 0 Å². The summed E-state index contributed by atoms with van der Waals surface area (Å²) in [5.74, 6) is 0.423. The third kappa shape index (κ3) is 3.21. The van der Waals surface area contributed by atoms with Crippen molar-refractivity contribution in [3.63, 3.8) is 0 Å². The van der Waals surface area contributed by atoms with Crippen molar-refractivity contribution >= 4 is 21.2 Å². The number of aryl methyl sites for hydroxylation is 2. The van der Waals surface area contributed by atoms with Gasteiger partial charge in [0.1, 0.15) is 5.56 Å². The summed E-state index contributed by atoms with van der Waals surface area (Å²) in [5.41, 5.74) is 2.70. The topological polar surface area (TPSA) is 84.5 Å². The van der Waals surface area contributed by atoms with Gasteiger partial charge in [0.05, 0.1) is 21.6 Å². The molecule has 6 nitrogen and oxygen atoms in total. The second-order valence-electron chi connectivity index (χ2n) is 5.68. The first-order valence-electron chi connectivity index (χ1n) is 7.82. The molecule has 1 aromatic heterocycles. The third-order valence-corrected chi connectivity index (χ3v) is 6.51. The average Bonchev–Trinajstić information content (AvgIpc) is 2.90. The Labute approximate surface area is 142 Å². The summed E-state index contributed by atoms with van der Waals surface area (Å²) >= 11 is 0. The summed E-state index contributed by atoms with van der Waals surface area (Å²) in [6.07, 6.45) is 1.34. The zero-order valence-corrected chi connectivity index (χ0v) is 15.5. The SMILES string of the molecule is CCS(=O)(CC)=Nc1c(C)ccc(C(=O)c2cnn(C)c2O)c1C. The smallest absolute Gasteiger partial charge is 0.220 e. The minimum Gasteiger partial charge on any atom is -0.493 e. The number of ketones is 1. The molecule has 0 spiro atoms. The van der Waals surface area contributed by atoms with E-state index in [0.29, 0.717) is 28.3 Å². The Bertz CT molecular complexity index is 896. The highest BCUT2D eigenvalue weighted by molar-refractivity contribution is 7.93. The Balaban J connectivity index is 2.63. The van der Waals surface area contributed by atoms with Crippen molar-refractivity contribution in [1.29, 1.82) is 0 Å². The number of rotatable bonds is 5. The van der Waals surface area contributed by atoms with Gasteiger partial charge >= 0.3 is 0 Å². The molecule has 0 aliphatic rings. The zero-order valence-electron chi connectivity index (χ0n) is 14.7. The van der Waals surface area contributed by atoms with E-state index in [-0.39, 0.29) is 17.2 Å². The molecule has 0 aliphatic heterocycles. The molecule has 0 unspecified atom stereocenters. The van der Waals surface area contributed by atoms with Crippen LogP contribution in [0.4, 0.5) is 5.69 Å². The molecule has 2 rings (SSSR count). The van der Waals surface area contributed by atoms with Crippen molar-refractivity contribution in [2.45, 2.75) is 27.7 Å². The van der Waals surface area contributed by atoms with Crippen molar-refractivity contribution in [3.8, 4) is 5.88 Å². The van der Waals surface area contributed by atoms with Crippen LogP contribution in [0.1, 0.15) is 40.9 Å². The van der Waals surface area contributed by atoms with Gasteiger partial charge in [-0.2, -0.15) is 9.46 Å². The molecular formula is C17H23N3O3S. The lowest BCUT2D eigenvalue weighted by molar-refractivity contribution is 0.103. The molecule has 1 heterocycles. The molecule has 7 heteroatoms. The maximum atomic E-state index is 12.7. The normalized spacial score (nSPS) is 11.5. The molecular weight excluding hydrogens is 326 g/mol. The van der Waals surface area contributed by atoms with Crippen molar-refractivity contribution < 1.29 is 14.1 Å². The molecule has 130 valence electrons. The van der Waals surface area contributed by atoms with Crippen LogP contribution in [0, 0.1) is 13.8 Å². The number of hydrogen-bond donors (Lipinski definition) is 1. The van der Waals surface area contributed by atoms with Gasteiger partial charge in [0.25, 0.3) is 0 Å². The molecule has 0 fully saturated rings. The van der Waals surface area contributed by atoms with Crippen LogP contribution in [0.2, 0.25) is 0 Å². The van der Waals surface area contributed by atoms with E-state index in [4.69, 9.17) is 0 Å². The minimum absolute atomic E-state index is 0.141. The van der Waals surface area contributed by atoms with Gasteiger partial charge in [-0.1, -0.05) is 26.0 Å². The van der Waals surface area contributed by atoms with Gasteiger partial charge in [0.15, 0.2) is 5.78 Å². The quantitative estimate of drug-likeness (QED) is 0.841. The third-order valence-electron chi connectivity index (χ3n) is 4.19. The van der Waals surface area contributed by atoms with E-state index in [1.807, 2.05) is 20.8 Å². The Morgan fingerprint density at radius 3 is 2.38 bits per heavy atom. The van der Waals surface area contributed by atoms with Crippen molar-refractivity contribution in [2.24, 2.45) is 11.4 Å². The van der Waals surface area contributed by atoms with Crippen LogP contribution in [-0.2, 0) is 16.8 Å². The van der Waals surface area contributed by atoms with Crippen LogP contribution >= 0.6 is 0 Å². The van der Waals surface area contributed by atoms with Gasteiger partial charge in [0, 0.05) is 24.1 Å². The summed E-state index contributed by atoms with van der Waals surface area (Å²) in [6.45, 7) is 7.37. The van der Waals surface area contributed by atoms with Gasteiger partial charge in [-0.25, -0.2) is 8.89 Å². The van der Waals surface area contributed by atoms with Crippen LogP contribution in [0.5, 0.6) is 5.88 Å². The highest BCUT2D eigenvalue weighted by atomic mass is 32.2. The summed E-state index contributed by atoms with van der Waals surface area (Å²) in [6, 6.07) is 3.50. The van der Waals surface area contributed by atoms with Gasteiger partial charge in [0.2, 0.25) is 5.88 Å². The number of aromatic nitrogens is 2. The summed E-state index contributed by atoms with van der Waals surface area (Å²) in [5, 5.41) is 13.9. The van der Waals surface area contributed by atoms with Crippen LogP contribution in [-0.4, -0.2) is 36.4 Å². The van der Waals surface area contributed by atoms with Gasteiger partial charge in [-0.15, -0.1) is 0 Å². The maximum absolute atomic E-state index is 12.7. The van der Waals surface area contributed by atoms with E-state index in [0.717, 1.165) is 5.56 Å². The van der Waals surface area contributed by atoms with Crippen molar-refractivity contribution in [1.82, 2.24) is 9.78 Å². The van der Waals surface area contributed by atoms with E-state index in [9.17, 15) is 14.1 Å². The largest absolute Gasteiger partial charge is 0.493 e. The number of carbonyl (C=O) groups excluding carboxylic acids is 1. The molecule has 0 aliphatic carbocycles. The molecule has 0 amide bonds. The lowest BCUT2D eigenvalue weighted by atomic mass is 9.97. The van der Waals surface area contributed by atoms with Crippen LogP contribution in [0.25, 0.3) is 0 Å². The number of carbonyl (C=O) groups is 1. The molecule has 0 saturated heterocycles. The van der Waals surface area contributed by atoms with Crippen molar-refractivity contribution in [2.75, 3.05) is 11.5 Å². The lowest BCUT2D eigenvalue weighted by Crippen LogP contribution is -2.07. The molecule has 1 aromatic carbocycles. The first-order chi connectivity index (χ1) is 11.2. The van der Waals surface area contributed by atoms with Gasteiger partial charge in [-0.3, -0.25) is 4.79 Å². The fourth-order valence-corrected chi connectivity index (χ4v) is 3.74. The van der Waals surface area contributed by atoms with Gasteiger partial charge in [-0.05, 0) is 25.0 Å². The van der Waals surface area contributed by atoms with Crippen molar-refractivity contribution in [3.05, 3.63) is 40.6 Å². The number of aromatic hydroxyl groups is 1. The van der Waals surface area contributed by atoms with Crippen LogP contribution in [0.3, 0.4) is 0 Å². The fourth-order valence-electron chi connectivity index (χ4n) is 2.46. The number of benzene rings is 1. The highest BCUT2D eigenvalue weighted by Crippen LogP contribution is 2.31. The molecule has 2 aromatic rings. The Morgan fingerprint density at radius 2 is 1.88 bits per heavy atom.